The minimum atomic E-state index is -0.837. The van der Waals surface area contributed by atoms with Gasteiger partial charge in [0.05, 0.1) is 5.60 Å². The molecule has 2 aromatic carbocycles. The molecule has 0 aliphatic heterocycles. The molecule has 0 radical (unpaired) electrons. The first-order chi connectivity index (χ1) is 9.35. The summed E-state index contributed by atoms with van der Waals surface area (Å²) in [5.74, 6) is -0.247. The normalized spacial score (nSPS) is 14.1. The van der Waals surface area contributed by atoms with Gasteiger partial charge in [0.15, 0.2) is 0 Å². The molecule has 1 atom stereocenters. The van der Waals surface area contributed by atoms with E-state index in [1.165, 1.54) is 23.3 Å². The van der Waals surface area contributed by atoms with Crippen molar-refractivity contribution in [1.82, 2.24) is 0 Å². The number of benzene rings is 2. The lowest BCUT2D eigenvalue weighted by molar-refractivity contribution is 0.0606. The predicted octanol–water partition coefficient (Wildman–Crippen LogP) is 3.98. The van der Waals surface area contributed by atoms with Gasteiger partial charge in [0.25, 0.3) is 0 Å². The Morgan fingerprint density at radius 1 is 1.00 bits per heavy atom. The first-order valence-electron chi connectivity index (χ1n) is 6.89. The lowest BCUT2D eigenvalue weighted by Gasteiger charge is -2.24. The van der Waals surface area contributed by atoms with E-state index in [1.807, 2.05) is 6.92 Å². The van der Waals surface area contributed by atoms with Gasteiger partial charge in [-0.25, -0.2) is 4.39 Å². The van der Waals surface area contributed by atoms with Gasteiger partial charge >= 0.3 is 0 Å². The number of aliphatic hydroxyl groups is 1. The van der Waals surface area contributed by atoms with E-state index in [4.69, 9.17) is 0 Å². The molecule has 0 bridgehead atoms. The molecule has 0 saturated heterocycles. The third-order valence-electron chi connectivity index (χ3n) is 3.57. The summed E-state index contributed by atoms with van der Waals surface area (Å²) in [6.07, 6.45) is 1.11. The predicted molar refractivity (Wildman–Crippen MR) is 80.3 cm³/mol. The minimum absolute atomic E-state index is 0.247. The van der Waals surface area contributed by atoms with Crippen LogP contribution >= 0.6 is 0 Å². The fourth-order valence-electron chi connectivity index (χ4n) is 2.51. The van der Waals surface area contributed by atoms with Crippen LogP contribution < -0.4 is 0 Å². The van der Waals surface area contributed by atoms with Crippen molar-refractivity contribution in [2.24, 2.45) is 0 Å². The van der Waals surface area contributed by atoms with E-state index in [-0.39, 0.29) is 5.82 Å². The molecule has 0 aromatic heterocycles. The van der Waals surface area contributed by atoms with Gasteiger partial charge in [0.2, 0.25) is 0 Å². The van der Waals surface area contributed by atoms with Gasteiger partial charge in [-0.05, 0) is 49.6 Å². The Hall–Kier alpha value is -1.67. The van der Waals surface area contributed by atoms with Crippen LogP contribution in [0.3, 0.4) is 0 Å². The summed E-state index contributed by atoms with van der Waals surface area (Å²) in [5.41, 5.74) is 3.66. The molecule has 2 rings (SSSR count). The molecule has 2 heteroatoms. The van der Waals surface area contributed by atoms with Crippen molar-refractivity contribution in [2.75, 3.05) is 0 Å². The number of hydrogen-bond donors (Lipinski definition) is 1. The first-order valence-corrected chi connectivity index (χ1v) is 6.89. The quantitative estimate of drug-likeness (QED) is 0.892. The van der Waals surface area contributed by atoms with E-state index in [0.29, 0.717) is 12.8 Å². The van der Waals surface area contributed by atoms with Crippen LogP contribution in [-0.2, 0) is 12.8 Å². The number of halogens is 1. The average molecular weight is 272 g/mol. The molecule has 0 amide bonds. The van der Waals surface area contributed by atoms with Crippen molar-refractivity contribution in [3.63, 3.8) is 0 Å². The first kappa shape index (κ1) is 14.7. The van der Waals surface area contributed by atoms with Crippen LogP contribution in [0, 0.1) is 19.7 Å². The summed E-state index contributed by atoms with van der Waals surface area (Å²) in [6, 6.07) is 12.6. The molecule has 20 heavy (non-hydrogen) atoms. The Balaban J connectivity index is 2.14. The molecule has 0 spiro atoms. The molecule has 1 N–H and O–H groups in total. The smallest absolute Gasteiger partial charge is 0.123 e. The average Bonchev–Trinajstić information content (AvgIpc) is 2.36. The molecular formula is C18H21FO. The summed E-state index contributed by atoms with van der Waals surface area (Å²) in [6.45, 7) is 5.94. The van der Waals surface area contributed by atoms with Gasteiger partial charge in [0.1, 0.15) is 5.82 Å². The van der Waals surface area contributed by atoms with Crippen LogP contribution in [0.5, 0.6) is 0 Å². The van der Waals surface area contributed by atoms with E-state index >= 15 is 0 Å². The molecular weight excluding hydrogens is 251 g/mol. The number of rotatable bonds is 4. The molecule has 0 aliphatic rings. The second kappa shape index (κ2) is 5.76. The van der Waals surface area contributed by atoms with Crippen molar-refractivity contribution >= 4 is 0 Å². The zero-order valence-corrected chi connectivity index (χ0v) is 12.3. The van der Waals surface area contributed by atoms with Crippen molar-refractivity contribution in [2.45, 2.75) is 39.2 Å². The van der Waals surface area contributed by atoms with E-state index in [2.05, 4.69) is 32.0 Å². The molecule has 1 unspecified atom stereocenters. The van der Waals surface area contributed by atoms with E-state index in [0.717, 1.165) is 11.1 Å². The number of aryl methyl sites for hydroxylation is 2. The molecule has 106 valence electrons. The van der Waals surface area contributed by atoms with E-state index in [9.17, 15) is 9.50 Å². The Kier molecular flexibility index (Phi) is 4.24. The second-order valence-electron chi connectivity index (χ2n) is 5.91. The Morgan fingerprint density at radius 2 is 1.65 bits per heavy atom. The van der Waals surface area contributed by atoms with Crippen molar-refractivity contribution in [1.29, 1.82) is 0 Å². The zero-order valence-electron chi connectivity index (χ0n) is 12.3. The summed E-state index contributed by atoms with van der Waals surface area (Å²) < 4.78 is 12.9. The Bertz CT molecular complexity index is 585. The monoisotopic (exact) mass is 272 g/mol. The molecule has 0 aliphatic carbocycles. The third kappa shape index (κ3) is 3.91. The maximum atomic E-state index is 12.9. The van der Waals surface area contributed by atoms with Crippen molar-refractivity contribution in [3.05, 3.63) is 70.5 Å². The summed E-state index contributed by atoms with van der Waals surface area (Å²) in [5, 5.41) is 10.6. The summed E-state index contributed by atoms with van der Waals surface area (Å²) in [7, 11) is 0. The molecule has 0 fully saturated rings. The van der Waals surface area contributed by atoms with Crippen LogP contribution in [0.1, 0.15) is 29.2 Å². The Morgan fingerprint density at radius 3 is 2.30 bits per heavy atom. The fourth-order valence-corrected chi connectivity index (χ4v) is 2.51. The largest absolute Gasteiger partial charge is 0.389 e. The Labute approximate surface area is 120 Å². The molecule has 0 heterocycles. The van der Waals surface area contributed by atoms with Crippen LogP contribution in [0.4, 0.5) is 4.39 Å². The van der Waals surface area contributed by atoms with Crippen molar-refractivity contribution in [3.8, 4) is 0 Å². The van der Waals surface area contributed by atoms with Gasteiger partial charge in [-0.3, -0.25) is 0 Å². The zero-order chi connectivity index (χ0) is 14.8. The van der Waals surface area contributed by atoms with E-state index < -0.39 is 5.60 Å². The van der Waals surface area contributed by atoms with Crippen LogP contribution in [-0.4, -0.2) is 10.7 Å². The van der Waals surface area contributed by atoms with Crippen molar-refractivity contribution < 1.29 is 9.50 Å². The maximum Gasteiger partial charge on any atom is 0.123 e. The van der Waals surface area contributed by atoms with Crippen LogP contribution in [0.15, 0.2) is 42.5 Å². The highest BCUT2D eigenvalue weighted by molar-refractivity contribution is 5.32. The summed E-state index contributed by atoms with van der Waals surface area (Å²) >= 11 is 0. The maximum absolute atomic E-state index is 12.9. The fraction of sp³-hybridized carbons (Fsp3) is 0.333. The van der Waals surface area contributed by atoms with Gasteiger partial charge in [0, 0.05) is 12.8 Å². The standard InChI is InChI=1S/C18H21FO/c1-13-4-5-14(2)16(10-13)12-18(3,20)11-15-6-8-17(19)9-7-15/h4-10,20H,11-12H2,1-3H3. The molecule has 0 saturated carbocycles. The SMILES string of the molecule is Cc1ccc(C)c(CC(C)(O)Cc2ccc(F)cc2)c1. The topological polar surface area (TPSA) is 20.2 Å². The van der Waals surface area contributed by atoms with Gasteiger partial charge in [-0.1, -0.05) is 35.9 Å². The highest BCUT2D eigenvalue weighted by Crippen LogP contribution is 2.22. The lowest BCUT2D eigenvalue weighted by Crippen LogP contribution is -2.30. The van der Waals surface area contributed by atoms with Gasteiger partial charge in [-0.2, -0.15) is 0 Å². The third-order valence-corrected chi connectivity index (χ3v) is 3.57. The van der Waals surface area contributed by atoms with Gasteiger partial charge < -0.3 is 5.11 Å². The molecule has 2 aromatic rings. The highest BCUT2D eigenvalue weighted by Gasteiger charge is 2.22. The minimum Gasteiger partial charge on any atom is -0.389 e. The molecule has 1 nitrogen and oxygen atoms in total. The van der Waals surface area contributed by atoms with Crippen LogP contribution in [0.2, 0.25) is 0 Å². The second-order valence-corrected chi connectivity index (χ2v) is 5.91. The van der Waals surface area contributed by atoms with E-state index in [1.54, 1.807) is 12.1 Å². The summed E-state index contributed by atoms with van der Waals surface area (Å²) in [4.78, 5) is 0. The highest BCUT2D eigenvalue weighted by atomic mass is 19.1. The van der Waals surface area contributed by atoms with Gasteiger partial charge in [-0.15, -0.1) is 0 Å². The lowest BCUT2D eigenvalue weighted by atomic mass is 9.88. The van der Waals surface area contributed by atoms with Crippen LogP contribution in [0.25, 0.3) is 0 Å². The number of hydrogen-bond acceptors (Lipinski definition) is 1.